The van der Waals surface area contributed by atoms with E-state index in [9.17, 15) is 0 Å². The van der Waals surface area contributed by atoms with Crippen molar-refractivity contribution in [1.29, 1.82) is 0 Å². The SMILES string of the molecule is Cc1csc(N2CCN(CCCCO)C[C@@H]2C)n1. The van der Waals surface area contributed by atoms with Crippen LogP contribution in [0.2, 0.25) is 0 Å². The minimum Gasteiger partial charge on any atom is -0.396 e. The zero-order valence-electron chi connectivity index (χ0n) is 11.3. The molecule has 0 bridgehead atoms. The Kier molecular flexibility index (Phi) is 4.97. The van der Waals surface area contributed by atoms with E-state index in [1.54, 1.807) is 11.3 Å². The van der Waals surface area contributed by atoms with Crippen LogP contribution in [-0.2, 0) is 0 Å². The van der Waals surface area contributed by atoms with Crippen molar-refractivity contribution in [3.63, 3.8) is 0 Å². The van der Waals surface area contributed by atoms with Gasteiger partial charge in [-0.1, -0.05) is 0 Å². The number of thiazole rings is 1. The molecule has 1 atom stereocenters. The number of anilines is 1. The maximum Gasteiger partial charge on any atom is 0.185 e. The second kappa shape index (κ2) is 6.50. The molecule has 0 amide bonds. The highest BCUT2D eigenvalue weighted by molar-refractivity contribution is 7.13. The molecule has 0 aliphatic carbocycles. The van der Waals surface area contributed by atoms with Gasteiger partial charge in [-0.2, -0.15) is 0 Å². The van der Waals surface area contributed by atoms with Gasteiger partial charge in [0.1, 0.15) is 0 Å². The first-order valence-electron chi connectivity index (χ1n) is 6.72. The average Bonchev–Trinajstić information content (AvgIpc) is 2.76. The van der Waals surface area contributed by atoms with E-state index in [4.69, 9.17) is 5.11 Å². The summed E-state index contributed by atoms with van der Waals surface area (Å²) in [6, 6.07) is 0.526. The van der Waals surface area contributed by atoms with Crippen molar-refractivity contribution in [2.45, 2.75) is 32.7 Å². The molecule has 4 nitrogen and oxygen atoms in total. The Morgan fingerprint density at radius 1 is 1.44 bits per heavy atom. The first kappa shape index (κ1) is 13.8. The van der Waals surface area contributed by atoms with Crippen LogP contribution in [0.1, 0.15) is 25.5 Å². The fourth-order valence-corrected chi connectivity index (χ4v) is 3.37. The largest absolute Gasteiger partial charge is 0.396 e. The molecular formula is C13H23N3OS. The summed E-state index contributed by atoms with van der Waals surface area (Å²) < 4.78 is 0. The molecule has 1 fully saturated rings. The van der Waals surface area contributed by atoms with Gasteiger partial charge in [0.15, 0.2) is 5.13 Å². The van der Waals surface area contributed by atoms with E-state index in [0.29, 0.717) is 12.6 Å². The van der Waals surface area contributed by atoms with E-state index >= 15 is 0 Å². The summed E-state index contributed by atoms with van der Waals surface area (Å²) in [4.78, 5) is 9.49. The third-order valence-electron chi connectivity index (χ3n) is 3.45. The number of piperazine rings is 1. The van der Waals surface area contributed by atoms with Crippen LogP contribution in [0.3, 0.4) is 0 Å². The van der Waals surface area contributed by atoms with Crippen LogP contribution in [0, 0.1) is 6.92 Å². The van der Waals surface area contributed by atoms with Crippen molar-refractivity contribution >= 4 is 16.5 Å². The van der Waals surface area contributed by atoms with Gasteiger partial charge < -0.3 is 10.0 Å². The van der Waals surface area contributed by atoms with Gasteiger partial charge in [-0.3, -0.25) is 4.90 Å². The fraction of sp³-hybridized carbons (Fsp3) is 0.769. The molecule has 1 aromatic heterocycles. The lowest BCUT2D eigenvalue weighted by atomic mass is 10.2. The predicted molar refractivity (Wildman–Crippen MR) is 76.4 cm³/mol. The van der Waals surface area contributed by atoms with E-state index in [1.807, 2.05) is 0 Å². The Morgan fingerprint density at radius 3 is 2.89 bits per heavy atom. The second-order valence-electron chi connectivity index (χ2n) is 5.05. The van der Waals surface area contributed by atoms with Crippen LogP contribution in [0.15, 0.2) is 5.38 Å². The number of aryl methyl sites for hydroxylation is 1. The van der Waals surface area contributed by atoms with Crippen LogP contribution >= 0.6 is 11.3 Å². The van der Waals surface area contributed by atoms with Crippen molar-refractivity contribution in [2.24, 2.45) is 0 Å². The molecule has 1 aliphatic heterocycles. The van der Waals surface area contributed by atoms with Crippen molar-refractivity contribution < 1.29 is 5.11 Å². The molecule has 0 aromatic carbocycles. The van der Waals surface area contributed by atoms with Gasteiger partial charge in [0.2, 0.25) is 0 Å². The van der Waals surface area contributed by atoms with Gasteiger partial charge in [0.25, 0.3) is 0 Å². The number of hydrogen-bond donors (Lipinski definition) is 1. The van der Waals surface area contributed by atoms with Crippen molar-refractivity contribution in [3.05, 3.63) is 11.1 Å². The van der Waals surface area contributed by atoms with E-state index in [-0.39, 0.29) is 0 Å². The number of aliphatic hydroxyl groups excluding tert-OH is 1. The lowest BCUT2D eigenvalue weighted by Crippen LogP contribution is -2.52. The van der Waals surface area contributed by atoms with Gasteiger partial charge in [-0.15, -0.1) is 11.3 Å². The van der Waals surface area contributed by atoms with Crippen LogP contribution in [0.5, 0.6) is 0 Å². The number of aliphatic hydroxyl groups is 1. The number of aromatic nitrogens is 1. The van der Waals surface area contributed by atoms with Crippen molar-refractivity contribution in [2.75, 3.05) is 37.7 Å². The molecule has 0 unspecified atom stereocenters. The normalized spacial score (nSPS) is 21.5. The van der Waals surface area contributed by atoms with Gasteiger partial charge in [-0.25, -0.2) is 4.98 Å². The molecule has 1 N–H and O–H groups in total. The second-order valence-corrected chi connectivity index (χ2v) is 5.88. The lowest BCUT2D eigenvalue weighted by molar-refractivity contribution is 0.212. The molecule has 102 valence electrons. The van der Waals surface area contributed by atoms with Gasteiger partial charge in [0.05, 0.1) is 5.69 Å². The molecule has 1 saturated heterocycles. The van der Waals surface area contributed by atoms with E-state index in [2.05, 4.69) is 34.0 Å². The minimum absolute atomic E-state index is 0.313. The van der Waals surface area contributed by atoms with E-state index in [0.717, 1.165) is 49.8 Å². The van der Waals surface area contributed by atoms with Crippen LogP contribution in [-0.4, -0.2) is 53.8 Å². The molecule has 0 spiro atoms. The topological polar surface area (TPSA) is 39.6 Å². The highest BCUT2D eigenvalue weighted by Crippen LogP contribution is 2.24. The van der Waals surface area contributed by atoms with Gasteiger partial charge in [-0.05, 0) is 33.2 Å². The van der Waals surface area contributed by atoms with Gasteiger partial charge in [0, 0.05) is 37.7 Å². The lowest BCUT2D eigenvalue weighted by Gasteiger charge is -2.39. The zero-order valence-corrected chi connectivity index (χ0v) is 12.1. The summed E-state index contributed by atoms with van der Waals surface area (Å²) in [7, 11) is 0. The standard InChI is InChI=1S/C13H23N3OS/c1-11-10-18-13(14-11)16-7-6-15(9-12(16)2)5-3-4-8-17/h10,12,17H,3-9H2,1-2H3/t12-/m0/s1. The summed E-state index contributed by atoms with van der Waals surface area (Å²) in [5, 5.41) is 12.1. The Bertz CT molecular complexity index is 369. The summed E-state index contributed by atoms with van der Waals surface area (Å²) in [5.74, 6) is 0. The average molecular weight is 269 g/mol. The van der Waals surface area contributed by atoms with Crippen LogP contribution in [0.4, 0.5) is 5.13 Å². The Hall–Kier alpha value is -0.650. The predicted octanol–water partition coefficient (Wildman–Crippen LogP) is 1.73. The third kappa shape index (κ3) is 3.43. The summed E-state index contributed by atoms with van der Waals surface area (Å²) >= 11 is 1.75. The summed E-state index contributed by atoms with van der Waals surface area (Å²) in [5.41, 5.74) is 1.12. The Morgan fingerprint density at radius 2 is 2.28 bits per heavy atom. The minimum atomic E-state index is 0.313. The number of nitrogens with zero attached hydrogens (tertiary/aromatic N) is 3. The monoisotopic (exact) mass is 269 g/mol. The number of hydrogen-bond acceptors (Lipinski definition) is 5. The van der Waals surface area contributed by atoms with Crippen molar-refractivity contribution in [1.82, 2.24) is 9.88 Å². The quantitative estimate of drug-likeness (QED) is 0.827. The highest BCUT2D eigenvalue weighted by Gasteiger charge is 2.25. The zero-order chi connectivity index (χ0) is 13.0. The van der Waals surface area contributed by atoms with Gasteiger partial charge >= 0.3 is 0 Å². The van der Waals surface area contributed by atoms with E-state index in [1.165, 1.54) is 0 Å². The smallest absolute Gasteiger partial charge is 0.185 e. The highest BCUT2D eigenvalue weighted by atomic mass is 32.1. The molecule has 18 heavy (non-hydrogen) atoms. The molecule has 0 radical (unpaired) electrons. The number of unbranched alkanes of at least 4 members (excludes halogenated alkanes) is 1. The fourth-order valence-electron chi connectivity index (χ4n) is 2.44. The molecule has 0 saturated carbocycles. The van der Waals surface area contributed by atoms with E-state index < -0.39 is 0 Å². The third-order valence-corrected chi connectivity index (χ3v) is 4.44. The molecule has 2 rings (SSSR count). The number of rotatable bonds is 5. The molecule has 1 aliphatic rings. The summed E-state index contributed by atoms with van der Waals surface area (Å²) in [6.45, 7) is 9.01. The molecule has 5 heteroatoms. The molecule has 1 aromatic rings. The van der Waals surface area contributed by atoms with Crippen LogP contribution < -0.4 is 4.90 Å². The Labute approximate surface area is 113 Å². The molecule has 2 heterocycles. The first-order valence-corrected chi connectivity index (χ1v) is 7.60. The van der Waals surface area contributed by atoms with Crippen LogP contribution in [0.25, 0.3) is 0 Å². The Balaban J connectivity index is 1.84. The van der Waals surface area contributed by atoms with Crippen molar-refractivity contribution in [3.8, 4) is 0 Å². The summed E-state index contributed by atoms with van der Waals surface area (Å²) in [6.07, 6.45) is 2.01. The maximum absolute atomic E-state index is 8.81. The maximum atomic E-state index is 8.81. The first-order chi connectivity index (χ1) is 8.70. The molecular weight excluding hydrogens is 246 g/mol.